The number of carbonyl (C=O) groups is 3. The third kappa shape index (κ3) is 7.58. The number of halogens is 2. The van der Waals surface area contributed by atoms with Gasteiger partial charge in [0.05, 0.1) is 42.0 Å². The Balaban J connectivity index is 0.725. The van der Waals surface area contributed by atoms with Crippen molar-refractivity contribution in [2.24, 2.45) is 7.05 Å². The number of carbonyl (C=O) groups excluding carboxylic acids is 3. The summed E-state index contributed by atoms with van der Waals surface area (Å²) < 4.78 is 64.9. The second-order valence-electron chi connectivity index (χ2n) is 18.7. The Kier molecular flexibility index (Phi) is 11.1. The van der Waals surface area contributed by atoms with Crippen LogP contribution in [0.1, 0.15) is 82.2 Å². The van der Waals surface area contributed by atoms with E-state index in [2.05, 4.69) is 20.7 Å². The summed E-state index contributed by atoms with van der Waals surface area (Å²) in [7, 11) is -0.640. The minimum Gasteiger partial charge on any atom is -0.393 e. The van der Waals surface area contributed by atoms with Gasteiger partial charge in [0.25, 0.3) is 0 Å². The first-order valence-electron chi connectivity index (χ1n) is 22.7. The number of alkyl halides is 1. The van der Waals surface area contributed by atoms with Crippen LogP contribution in [0, 0.1) is 5.82 Å². The molecule has 7 heterocycles. The van der Waals surface area contributed by atoms with Crippen LogP contribution in [0.3, 0.4) is 0 Å². The van der Waals surface area contributed by atoms with Crippen molar-refractivity contribution >= 4 is 56.2 Å². The van der Waals surface area contributed by atoms with Crippen molar-refractivity contribution < 1.29 is 36.7 Å². The van der Waals surface area contributed by atoms with Crippen LogP contribution in [0.15, 0.2) is 40.4 Å². The molecular weight excluding hydrogens is 867 g/mol. The second-order valence-corrected chi connectivity index (χ2v) is 20.6. The number of sulfonamides is 1. The molecule has 19 nitrogen and oxygen atoms in total. The number of rotatable bonds is 11. The van der Waals surface area contributed by atoms with Gasteiger partial charge in [-0.1, -0.05) is 0 Å². The fourth-order valence-corrected chi connectivity index (χ4v) is 12.2. The van der Waals surface area contributed by atoms with Crippen molar-refractivity contribution in [3.8, 4) is 0 Å². The number of amides is 3. The Morgan fingerprint density at radius 1 is 1.03 bits per heavy atom. The molecule has 5 fully saturated rings. The van der Waals surface area contributed by atoms with Crippen LogP contribution >= 0.6 is 0 Å². The number of benzene rings is 1. The van der Waals surface area contributed by atoms with Gasteiger partial charge in [0.2, 0.25) is 33.7 Å². The number of aryl methyl sites for hydroxylation is 1. The Morgan fingerprint density at radius 2 is 1.82 bits per heavy atom. The van der Waals surface area contributed by atoms with Crippen molar-refractivity contribution in [1.82, 2.24) is 43.4 Å². The Bertz CT molecular complexity index is 2730. The number of imide groups is 1. The molecule has 1 aromatic carbocycles. The van der Waals surface area contributed by atoms with Crippen LogP contribution in [0.4, 0.5) is 26.2 Å². The summed E-state index contributed by atoms with van der Waals surface area (Å²) in [5.41, 5.74) is 0.0727. The summed E-state index contributed by atoms with van der Waals surface area (Å²) in [4.78, 5) is 65.9. The van der Waals surface area contributed by atoms with E-state index in [1.54, 1.807) is 29.1 Å². The molecule has 6 aliphatic rings. The highest BCUT2D eigenvalue weighted by Gasteiger charge is 2.61. The molecule has 10 rings (SSSR count). The van der Waals surface area contributed by atoms with Gasteiger partial charge in [-0.05, 0) is 83.4 Å². The first kappa shape index (κ1) is 43.6. The summed E-state index contributed by atoms with van der Waals surface area (Å²) in [5.74, 6) is -0.661. The van der Waals surface area contributed by atoms with E-state index in [4.69, 9.17) is 4.98 Å². The van der Waals surface area contributed by atoms with Gasteiger partial charge in [-0.25, -0.2) is 27.0 Å². The minimum atomic E-state index is -3.85. The molecule has 3 amide bonds. The number of aliphatic hydroxyl groups excluding tert-OH is 1. The molecule has 1 spiro atoms. The smallest absolute Gasteiger partial charge is 0.329 e. The van der Waals surface area contributed by atoms with E-state index in [0.29, 0.717) is 57.1 Å². The molecule has 3 saturated heterocycles. The lowest BCUT2D eigenvalue weighted by Gasteiger charge is -2.40. The molecule has 2 saturated carbocycles. The van der Waals surface area contributed by atoms with Gasteiger partial charge in [0.15, 0.2) is 5.82 Å². The molecular formula is C43H54F2N12O7S. The summed E-state index contributed by atoms with van der Waals surface area (Å²) in [5, 5.41) is 20.3. The summed E-state index contributed by atoms with van der Waals surface area (Å²) in [6, 6.07) is 1.42. The molecule has 22 heteroatoms. The average molecular weight is 921 g/mol. The molecule has 348 valence electrons. The van der Waals surface area contributed by atoms with Crippen LogP contribution < -0.4 is 26.1 Å². The molecule has 0 bridgehead atoms. The van der Waals surface area contributed by atoms with Crippen LogP contribution in [0.5, 0.6) is 0 Å². The van der Waals surface area contributed by atoms with Crippen molar-refractivity contribution in [3.63, 3.8) is 0 Å². The number of piperidine rings is 3. The van der Waals surface area contributed by atoms with E-state index in [0.717, 1.165) is 42.2 Å². The number of hydrogen-bond acceptors (Lipinski definition) is 13. The lowest BCUT2D eigenvalue weighted by Crippen LogP contribution is -2.52. The lowest BCUT2D eigenvalue weighted by atomic mass is 9.92. The summed E-state index contributed by atoms with van der Waals surface area (Å²) in [6.07, 6.45) is 8.85. The topological polar surface area (TPSA) is 213 Å². The first-order valence-corrected chi connectivity index (χ1v) is 24.1. The third-order valence-corrected chi connectivity index (χ3v) is 16.5. The van der Waals surface area contributed by atoms with E-state index in [-0.39, 0.29) is 72.1 Å². The normalized spacial score (nSPS) is 26.4. The Labute approximate surface area is 373 Å². The number of aromatic nitrogens is 6. The predicted octanol–water partition coefficient (Wildman–Crippen LogP) is 1.94. The molecule has 4 aromatic rings. The highest BCUT2D eigenvalue weighted by Crippen LogP contribution is 2.57. The molecule has 2 unspecified atom stereocenters. The standard InChI is InChI=1S/C43H54F2N12O7S/c1-51(31-12-15-53(24-30(31)44)32-6-7-33-37(36(32)45)52(2)42(62)57(33)34-8-9-35(59)49-39(34)60)18-19-54-23-28(21-47-54)65(63,64)55-16-10-25(11-17-55)48-41-46-22-29-38(50-41)56(40(61)43(29)13-14-43)26-4-3-5-27(58)20-26/h6-7,21-23,25-27,30-31,34,58H,3-5,8-20,24H2,1-2H3,(H,46,48,50)(H,49,59,60)/t26?,27-,30+,31-,34?/m1/s1. The number of nitrogens with zero attached hydrogens (tertiary/aromatic N) is 10. The van der Waals surface area contributed by atoms with Crippen molar-refractivity contribution in [2.45, 2.75) is 124 Å². The number of nitrogens with one attached hydrogen (secondary N) is 2. The average Bonchev–Trinajstić information content (AvgIpc) is 3.78. The number of imidazole rings is 1. The summed E-state index contributed by atoms with van der Waals surface area (Å²) in [6.45, 7) is 1.47. The third-order valence-electron chi connectivity index (χ3n) is 14.7. The van der Waals surface area contributed by atoms with Crippen molar-refractivity contribution in [3.05, 3.63) is 52.6 Å². The van der Waals surface area contributed by atoms with E-state index < -0.39 is 63.1 Å². The zero-order chi connectivity index (χ0) is 45.5. The van der Waals surface area contributed by atoms with Crippen LogP contribution in [0.25, 0.3) is 11.0 Å². The molecule has 2 aliphatic carbocycles. The van der Waals surface area contributed by atoms with E-state index in [1.165, 1.54) is 39.1 Å². The van der Waals surface area contributed by atoms with Gasteiger partial charge in [-0.15, -0.1) is 0 Å². The zero-order valence-corrected chi connectivity index (χ0v) is 37.2. The van der Waals surface area contributed by atoms with Crippen LogP contribution in [-0.2, 0) is 43.4 Å². The SMILES string of the molecule is CN(CCn1cc(S(=O)(=O)N2CCC(Nc3ncc4c(n3)N(C3CCC[C@@H](O)C3)C(=O)C43CC3)CC2)cn1)[C@@H]1CCN(c2ccc3c(c2F)n(C)c(=O)n3C2CCC(=O)NC2=O)C[C@@H]1F. The monoisotopic (exact) mass is 920 g/mol. The van der Waals surface area contributed by atoms with Crippen molar-refractivity contribution in [1.29, 1.82) is 0 Å². The predicted molar refractivity (Wildman–Crippen MR) is 233 cm³/mol. The zero-order valence-electron chi connectivity index (χ0n) is 36.4. The second kappa shape index (κ2) is 16.5. The molecule has 5 atom stereocenters. The van der Waals surface area contributed by atoms with Crippen LogP contribution in [-0.4, -0.2) is 140 Å². The Morgan fingerprint density at radius 3 is 2.54 bits per heavy atom. The van der Waals surface area contributed by atoms with Gasteiger partial charge < -0.3 is 15.3 Å². The van der Waals surface area contributed by atoms with Gasteiger partial charge in [-0.3, -0.25) is 43.3 Å². The molecule has 4 aliphatic heterocycles. The van der Waals surface area contributed by atoms with Gasteiger partial charge in [0.1, 0.15) is 28.4 Å². The highest BCUT2D eigenvalue weighted by molar-refractivity contribution is 7.89. The van der Waals surface area contributed by atoms with Gasteiger partial charge in [-0.2, -0.15) is 14.4 Å². The quantitative estimate of drug-likeness (QED) is 0.184. The van der Waals surface area contributed by atoms with E-state index >= 15 is 8.78 Å². The van der Waals surface area contributed by atoms with Gasteiger partial charge in [0, 0.05) is 75.7 Å². The molecule has 3 N–H and O–H groups in total. The minimum absolute atomic E-state index is 0.00850. The van der Waals surface area contributed by atoms with E-state index in [9.17, 15) is 32.7 Å². The van der Waals surface area contributed by atoms with Crippen LogP contribution in [0.2, 0.25) is 0 Å². The molecule has 65 heavy (non-hydrogen) atoms. The van der Waals surface area contributed by atoms with Crippen molar-refractivity contribution in [2.75, 3.05) is 54.9 Å². The number of aliphatic hydroxyl groups is 1. The fourth-order valence-electron chi connectivity index (χ4n) is 10.8. The highest BCUT2D eigenvalue weighted by atomic mass is 32.2. The largest absolute Gasteiger partial charge is 0.393 e. The maximum absolute atomic E-state index is 16.2. The maximum Gasteiger partial charge on any atom is 0.329 e. The molecule has 3 aromatic heterocycles. The summed E-state index contributed by atoms with van der Waals surface area (Å²) >= 11 is 0. The van der Waals surface area contributed by atoms with E-state index in [1.807, 2.05) is 4.90 Å². The first-order chi connectivity index (χ1) is 31.1. The number of hydrogen-bond donors (Lipinski definition) is 3. The van der Waals surface area contributed by atoms with Gasteiger partial charge >= 0.3 is 5.69 Å². The lowest BCUT2D eigenvalue weighted by molar-refractivity contribution is -0.135. The maximum atomic E-state index is 16.2. The number of anilines is 3. The number of likely N-dealkylation sites (N-methyl/N-ethyl adjacent to an activating group) is 1. The number of fused-ring (bicyclic) bond motifs is 3. The molecule has 0 radical (unpaired) electrons. The Hall–Kier alpha value is -5.32. The fraction of sp³-hybridized carbons (Fsp3) is 0.605.